The topological polar surface area (TPSA) is 22.1 Å². The SMILES string of the molecule is [B]c1cc(OC)c2ncccc2c1. The molecule has 0 fully saturated rings. The molecule has 0 atom stereocenters. The second kappa shape index (κ2) is 3.09. The summed E-state index contributed by atoms with van der Waals surface area (Å²) in [6.07, 6.45) is 1.74. The molecular weight excluding hydrogens is 161 g/mol. The van der Waals surface area contributed by atoms with Crippen LogP contribution < -0.4 is 10.2 Å². The Balaban J connectivity index is 2.81. The maximum atomic E-state index is 5.69. The number of rotatable bonds is 1. The molecule has 0 bridgehead atoms. The van der Waals surface area contributed by atoms with E-state index in [-0.39, 0.29) is 0 Å². The van der Waals surface area contributed by atoms with Crippen LogP contribution in [0.1, 0.15) is 0 Å². The first-order valence-electron chi connectivity index (χ1n) is 3.99. The molecule has 0 unspecified atom stereocenters. The van der Waals surface area contributed by atoms with Crippen LogP contribution in [0.15, 0.2) is 30.5 Å². The molecule has 62 valence electrons. The van der Waals surface area contributed by atoms with Gasteiger partial charge in [-0.1, -0.05) is 17.6 Å². The Bertz CT molecular complexity index is 442. The highest BCUT2D eigenvalue weighted by molar-refractivity contribution is 6.33. The number of nitrogens with zero attached hydrogens (tertiary/aromatic N) is 1. The molecule has 1 aromatic carbocycles. The molecule has 0 saturated heterocycles. The van der Waals surface area contributed by atoms with Gasteiger partial charge in [-0.3, -0.25) is 4.98 Å². The van der Waals surface area contributed by atoms with Gasteiger partial charge in [0.05, 0.1) is 7.11 Å². The molecule has 2 nitrogen and oxygen atoms in total. The zero-order valence-corrected chi connectivity index (χ0v) is 7.32. The maximum Gasteiger partial charge on any atom is 0.144 e. The lowest BCUT2D eigenvalue weighted by molar-refractivity contribution is 0.419. The Hall–Kier alpha value is -1.51. The molecule has 2 radical (unpaired) electrons. The van der Waals surface area contributed by atoms with E-state index in [4.69, 9.17) is 12.6 Å². The molecule has 0 N–H and O–H groups in total. The van der Waals surface area contributed by atoms with Crippen molar-refractivity contribution in [3.8, 4) is 5.75 Å². The van der Waals surface area contributed by atoms with E-state index in [2.05, 4.69) is 4.98 Å². The lowest BCUT2D eigenvalue weighted by Gasteiger charge is -2.05. The fraction of sp³-hybridized carbons (Fsp3) is 0.100. The van der Waals surface area contributed by atoms with Crippen molar-refractivity contribution in [1.29, 1.82) is 0 Å². The zero-order valence-electron chi connectivity index (χ0n) is 7.32. The minimum absolute atomic E-state index is 0.692. The minimum Gasteiger partial charge on any atom is -0.494 e. The van der Waals surface area contributed by atoms with Crippen molar-refractivity contribution in [1.82, 2.24) is 4.98 Å². The molecule has 1 aromatic heterocycles. The first kappa shape index (κ1) is 8.11. The predicted octanol–water partition coefficient (Wildman–Crippen LogP) is 1.04. The van der Waals surface area contributed by atoms with Crippen molar-refractivity contribution < 1.29 is 4.74 Å². The summed E-state index contributed by atoms with van der Waals surface area (Å²) in [4.78, 5) is 4.21. The van der Waals surface area contributed by atoms with Gasteiger partial charge < -0.3 is 4.74 Å². The molecule has 0 amide bonds. The number of methoxy groups -OCH3 is 1. The van der Waals surface area contributed by atoms with Gasteiger partial charge in [0.15, 0.2) is 0 Å². The summed E-state index contributed by atoms with van der Waals surface area (Å²) in [7, 11) is 7.31. The van der Waals surface area contributed by atoms with E-state index < -0.39 is 0 Å². The van der Waals surface area contributed by atoms with Gasteiger partial charge in [-0.25, -0.2) is 0 Å². The van der Waals surface area contributed by atoms with Crippen molar-refractivity contribution in [2.24, 2.45) is 0 Å². The Labute approximate surface area is 78.0 Å². The van der Waals surface area contributed by atoms with E-state index in [1.807, 2.05) is 18.2 Å². The molecule has 2 rings (SSSR count). The zero-order chi connectivity index (χ0) is 9.26. The largest absolute Gasteiger partial charge is 0.494 e. The molecule has 0 aliphatic heterocycles. The molecular formula is C10H8BNO. The van der Waals surface area contributed by atoms with Crippen LogP contribution in [-0.4, -0.2) is 19.9 Å². The molecule has 0 aliphatic carbocycles. The van der Waals surface area contributed by atoms with Gasteiger partial charge in [-0.2, -0.15) is 0 Å². The van der Waals surface area contributed by atoms with E-state index in [0.717, 1.165) is 16.7 Å². The summed E-state index contributed by atoms with van der Waals surface area (Å²) in [5.41, 5.74) is 1.54. The lowest BCUT2D eigenvalue weighted by Crippen LogP contribution is -2.03. The number of ether oxygens (including phenoxy) is 1. The third-order valence-electron chi connectivity index (χ3n) is 1.91. The number of hydrogen-bond acceptors (Lipinski definition) is 2. The third-order valence-corrected chi connectivity index (χ3v) is 1.91. The molecule has 0 spiro atoms. The van der Waals surface area contributed by atoms with E-state index >= 15 is 0 Å². The number of aromatic nitrogens is 1. The minimum atomic E-state index is 0.692. The maximum absolute atomic E-state index is 5.69. The summed E-state index contributed by atoms with van der Waals surface area (Å²) in [6.45, 7) is 0. The quantitative estimate of drug-likeness (QED) is 0.595. The first-order valence-corrected chi connectivity index (χ1v) is 3.99. The normalized spacial score (nSPS) is 10.2. The first-order chi connectivity index (χ1) is 6.31. The summed E-state index contributed by atoms with van der Waals surface area (Å²) >= 11 is 0. The van der Waals surface area contributed by atoms with Crippen molar-refractivity contribution in [2.45, 2.75) is 0 Å². The van der Waals surface area contributed by atoms with E-state index in [9.17, 15) is 0 Å². The number of hydrogen-bond donors (Lipinski definition) is 0. The van der Waals surface area contributed by atoms with Crippen LogP contribution in [0.5, 0.6) is 5.75 Å². The Morgan fingerprint density at radius 2 is 2.23 bits per heavy atom. The van der Waals surface area contributed by atoms with E-state index in [1.54, 1.807) is 19.4 Å². The summed E-state index contributed by atoms with van der Waals surface area (Å²) in [5.74, 6) is 0.718. The highest BCUT2D eigenvalue weighted by Gasteiger charge is 2.01. The van der Waals surface area contributed by atoms with Crippen LogP contribution in [0.2, 0.25) is 0 Å². The highest BCUT2D eigenvalue weighted by atomic mass is 16.5. The second-order valence-electron chi connectivity index (χ2n) is 2.80. The van der Waals surface area contributed by atoms with Crippen molar-refractivity contribution in [3.63, 3.8) is 0 Å². The fourth-order valence-electron chi connectivity index (χ4n) is 1.34. The second-order valence-corrected chi connectivity index (χ2v) is 2.80. The monoisotopic (exact) mass is 169 g/mol. The average molecular weight is 169 g/mol. The molecule has 1 heterocycles. The predicted molar refractivity (Wildman–Crippen MR) is 53.7 cm³/mol. The highest BCUT2D eigenvalue weighted by Crippen LogP contribution is 2.20. The van der Waals surface area contributed by atoms with Gasteiger partial charge in [0, 0.05) is 11.6 Å². The molecule has 0 aliphatic rings. The average Bonchev–Trinajstić information content (AvgIpc) is 2.16. The summed E-state index contributed by atoms with van der Waals surface area (Å²) in [6, 6.07) is 7.49. The number of pyridine rings is 1. The Kier molecular flexibility index (Phi) is 1.93. The fourth-order valence-corrected chi connectivity index (χ4v) is 1.34. The van der Waals surface area contributed by atoms with Gasteiger partial charge in [-0.05, 0) is 12.1 Å². The summed E-state index contributed by atoms with van der Waals surface area (Å²) in [5, 5.41) is 0.999. The molecule has 0 saturated carbocycles. The Morgan fingerprint density at radius 1 is 1.38 bits per heavy atom. The molecule has 2 aromatic rings. The smallest absolute Gasteiger partial charge is 0.144 e. The number of benzene rings is 1. The van der Waals surface area contributed by atoms with E-state index in [0.29, 0.717) is 5.46 Å². The van der Waals surface area contributed by atoms with Crippen molar-refractivity contribution in [2.75, 3.05) is 7.11 Å². The lowest BCUT2D eigenvalue weighted by atomic mass is 9.94. The van der Waals surface area contributed by atoms with Crippen LogP contribution in [-0.2, 0) is 0 Å². The van der Waals surface area contributed by atoms with Crippen LogP contribution in [0.3, 0.4) is 0 Å². The van der Waals surface area contributed by atoms with Crippen LogP contribution in [0.25, 0.3) is 10.9 Å². The third kappa shape index (κ3) is 1.37. The molecule has 3 heteroatoms. The van der Waals surface area contributed by atoms with Gasteiger partial charge in [0.1, 0.15) is 19.1 Å². The van der Waals surface area contributed by atoms with Crippen LogP contribution >= 0.6 is 0 Å². The van der Waals surface area contributed by atoms with Gasteiger partial charge >= 0.3 is 0 Å². The summed E-state index contributed by atoms with van der Waals surface area (Å²) < 4.78 is 5.17. The standard InChI is InChI=1S/C10H8BNO/c1-13-9-6-8(11)5-7-3-2-4-12-10(7)9/h2-6H,1H3. The van der Waals surface area contributed by atoms with Crippen molar-refractivity contribution in [3.05, 3.63) is 30.5 Å². The van der Waals surface area contributed by atoms with Gasteiger partial charge in [-0.15, -0.1) is 0 Å². The van der Waals surface area contributed by atoms with Crippen LogP contribution in [0.4, 0.5) is 0 Å². The van der Waals surface area contributed by atoms with Crippen molar-refractivity contribution >= 4 is 24.2 Å². The number of fused-ring (bicyclic) bond motifs is 1. The van der Waals surface area contributed by atoms with E-state index in [1.165, 1.54) is 0 Å². The van der Waals surface area contributed by atoms with Crippen LogP contribution in [0, 0.1) is 0 Å². The Morgan fingerprint density at radius 3 is 3.00 bits per heavy atom. The molecule has 13 heavy (non-hydrogen) atoms. The van der Waals surface area contributed by atoms with Gasteiger partial charge in [0.25, 0.3) is 0 Å². The van der Waals surface area contributed by atoms with Gasteiger partial charge in [0.2, 0.25) is 0 Å².